The molecule has 30 heavy (non-hydrogen) atoms. The Balaban J connectivity index is 1.58. The average Bonchev–Trinajstić information content (AvgIpc) is 3.10. The summed E-state index contributed by atoms with van der Waals surface area (Å²) in [5.74, 6) is -1.62. The Labute approximate surface area is 173 Å². The van der Waals surface area contributed by atoms with E-state index in [0.717, 1.165) is 27.5 Å². The molecule has 0 atom stereocenters. The molecule has 1 fully saturated rings. The van der Waals surface area contributed by atoms with Crippen LogP contribution in [0.2, 0.25) is 0 Å². The van der Waals surface area contributed by atoms with Gasteiger partial charge in [0.1, 0.15) is 11.2 Å². The number of aliphatic carboxylic acids is 1. The van der Waals surface area contributed by atoms with Crippen LogP contribution in [-0.2, 0) is 16.0 Å². The lowest BCUT2D eigenvalue weighted by atomic mass is 9.96. The van der Waals surface area contributed by atoms with E-state index in [9.17, 15) is 19.5 Å². The number of nitrogens with zero attached hydrogens (tertiary/aromatic N) is 1. The Kier molecular flexibility index (Phi) is 5.13. The third-order valence-corrected chi connectivity index (χ3v) is 6.31. The van der Waals surface area contributed by atoms with Gasteiger partial charge in [-0.25, -0.2) is 4.79 Å². The topological polar surface area (TPSA) is 104 Å². The highest BCUT2D eigenvalue weighted by atomic mass is 16.4. The molecule has 1 aliphatic rings. The van der Waals surface area contributed by atoms with Crippen molar-refractivity contribution in [3.8, 4) is 0 Å². The van der Waals surface area contributed by atoms with Crippen LogP contribution in [-0.4, -0.2) is 29.9 Å². The zero-order valence-corrected chi connectivity index (χ0v) is 17.4. The molecule has 1 aromatic carbocycles. The average molecular weight is 410 g/mol. The molecule has 0 saturated carbocycles. The molecular formula is C23H24NO6-. The van der Waals surface area contributed by atoms with E-state index in [1.807, 2.05) is 26.8 Å². The van der Waals surface area contributed by atoms with Gasteiger partial charge in [0.15, 0.2) is 0 Å². The van der Waals surface area contributed by atoms with Gasteiger partial charge in [0.2, 0.25) is 5.91 Å². The minimum atomic E-state index is -1.05. The number of furan rings is 1. The van der Waals surface area contributed by atoms with Crippen molar-refractivity contribution < 1.29 is 23.5 Å². The molecule has 3 aromatic rings. The molecule has 2 aromatic heterocycles. The lowest BCUT2D eigenvalue weighted by Crippen LogP contribution is -2.43. The number of likely N-dealkylation sites (tertiary alicyclic amines) is 1. The molecular weight excluding hydrogens is 386 g/mol. The second-order valence-corrected chi connectivity index (χ2v) is 8.14. The molecule has 3 heterocycles. The second kappa shape index (κ2) is 7.63. The fourth-order valence-electron chi connectivity index (χ4n) is 4.36. The van der Waals surface area contributed by atoms with Gasteiger partial charge in [0.25, 0.3) is 0 Å². The number of aryl methyl sites for hydroxylation is 3. The van der Waals surface area contributed by atoms with Crippen molar-refractivity contribution in [1.82, 2.24) is 4.90 Å². The molecule has 4 rings (SSSR count). The molecule has 1 amide bonds. The largest absolute Gasteiger partial charge is 0.550 e. The molecule has 7 nitrogen and oxygen atoms in total. The fraction of sp³-hybridized carbons (Fsp3) is 0.435. The highest BCUT2D eigenvalue weighted by Crippen LogP contribution is 2.32. The van der Waals surface area contributed by atoms with Crippen LogP contribution < -0.4 is 10.7 Å². The van der Waals surface area contributed by atoms with Crippen LogP contribution in [0, 0.1) is 26.7 Å². The normalized spacial score (nSPS) is 15.2. The highest BCUT2D eigenvalue weighted by molar-refractivity contribution is 5.99. The van der Waals surface area contributed by atoms with E-state index in [0.29, 0.717) is 42.7 Å². The molecule has 1 aliphatic heterocycles. The zero-order valence-electron chi connectivity index (χ0n) is 17.4. The molecule has 1 saturated heterocycles. The number of hydrogen-bond donors (Lipinski definition) is 0. The van der Waals surface area contributed by atoms with Gasteiger partial charge in [-0.3, -0.25) is 4.79 Å². The maximum atomic E-state index is 12.7. The van der Waals surface area contributed by atoms with E-state index >= 15 is 0 Å². The lowest BCUT2D eigenvalue weighted by Gasteiger charge is -2.32. The van der Waals surface area contributed by atoms with E-state index in [1.54, 1.807) is 11.2 Å². The maximum Gasteiger partial charge on any atom is 0.339 e. The van der Waals surface area contributed by atoms with Crippen molar-refractivity contribution in [2.45, 2.75) is 46.5 Å². The Morgan fingerprint density at radius 2 is 1.80 bits per heavy atom. The minimum absolute atomic E-state index is 0.0805. The Bertz CT molecular complexity index is 1210. The standard InChI is InChI=1S/C23H25NO6/c1-12-11-29-20-14(3)21-18(10-17(12)20)13(2)16(23(28)30-21)4-5-19(25)24-8-6-15(7-9-24)22(26)27/h10-11,15H,4-9H2,1-3H3,(H,26,27)/p-1. The van der Waals surface area contributed by atoms with Gasteiger partial charge in [-0.05, 0) is 57.2 Å². The summed E-state index contributed by atoms with van der Waals surface area (Å²) in [4.78, 5) is 37.9. The number of benzene rings is 1. The predicted octanol–water partition coefficient (Wildman–Crippen LogP) is 2.39. The maximum absolute atomic E-state index is 12.7. The second-order valence-electron chi connectivity index (χ2n) is 8.14. The van der Waals surface area contributed by atoms with Gasteiger partial charge in [-0.2, -0.15) is 0 Å². The fourth-order valence-corrected chi connectivity index (χ4v) is 4.36. The molecule has 158 valence electrons. The predicted molar refractivity (Wildman–Crippen MR) is 109 cm³/mol. The number of rotatable bonds is 4. The molecule has 0 unspecified atom stereocenters. The van der Waals surface area contributed by atoms with Gasteiger partial charge >= 0.3 is 5.63 Å². The Morgan fingerprint density at radius 1 is 1.10 bits per heavy atom. The molecule has 0 bridgehead atoms. The number of carbonyl (C=O) groups excluding carboxylic acids is 2. The number of fused-ring (bicyclic) bond motifs is 2. The van der Waals surface area contributed by atoms with Gasteiger partial charge in [-0.15, -0.1) is 0 Å². The summed E-state index contributed by atoms with van der Waals surface area (Å²) in [5, 5.41) is 12.8. The number of piperidine rings is 1. The van der Waals surface area contributed by atoms with Crippen molar-refractivity contribution in [3.05, 3.63) is 45.0 Å². The van der Waals surface area contributed by atoms with Crippen LogP contribution in [0.25, 0.3) is 21.9 Å². The van der Waals surface area contributed by atoms with Crippen LogP contribution >= 0.6 is 0 Å². The van der Waals surface area contributed by atoms with Crippen LogP contribution in [0.5, 0.6) is 0 Å². The summed E-state index contributed by atoms with van der Waals surface area (Å²) in [6.07, 6.45) is 2.96. The van der Waals surface area contributed by atoms with Crippen LogP contribution in [0.1, 0.15) is 41.5 Å². The molecule has 0 radical (unpaired) electrons. The van der Waals surface area contributed by atoms with Crippen molar-refractivity contribution in [3.63, 3.8) is 0 Å². The van der Waals surface area contributed by atoms with E-state index in [1.165, 1.54) is 0 Å². The number of carboxylic acid groups (broad SMARTS) is 1. The number of carboxylic acids is 1. The van der Waals surface area contributed by atoms with E-state index < -0.39 is 17.5 Å². The van der Waals surface area contributed by atoms with Crippen LogP contribution in [0.4, 0.5) is 0 Å². The summed E-state index contributed by atoms with van der Waals surface area (Å²) >= 11 is 0. The summed E-state index contributed by atoms with van der Waals surface area (Å²) in [6, 6.07) is 1.98. The summed E-state index contributed by atoms with van der Waals surface area (Å²) in [7, 11) is 0. The molecule has 0 N–H and O–H groups in total. The van der Waals surface area contributed by atoms with Crippen molar-refractivity contribution >= 4 is 33.8 Å². The molecule has 0 aliphatic carbocycles. The monoisotopic (exact) mass is 410 g/mol. The molecule has 0 spiro atoms. The first kappa shape index (κ1) is 20.2. The van der Waals surface area contributed by atoms with Gasteiger partial charge in [-0.1, -0.05) is 0 Å². The smallest absolute Gasteiger partial charge is 0.339 e. The SMILES string of the molecule is Cc1coc2c(C)c3oc(=O)c(CCC(=O)N4CCC(C(=O)[O-])CC4)c(C)c3cc12. The first-order valence-corrected chi connectivity index (χ1v) is 10.2. The number of hydrogen-bond acceptors (Lipinski definition) is 6. The van der Waals surface area contributed by atoms with Crippen molar-refractivity contribution in [2.24, 2.45) is 5.92 Å². The van der Waals surface area contributed by atoms with Crippen LogP contribution in [0.15, 0.2) is 26.0 Å². The first-order valence-electron chi connectivity index (χ1n) is 10.2. The number of amides is 1. The van der Waals surface area contributed by atoms with Crippen molar-refractivity contribution in [1.29, 1.82) is 0 Å². The highest BCUT2D eigenvalue weighted by Gasteiger charge is 2.24. The van der Waals surface area contributed by atoms with Crippen molar-refractivity contribution in [2.75, 3.05) is 13.1 Å². The number of carbonyl (C=O) groups is 2. The van der Waals surface area contributed by atoms with E-state index in [-0.39, 0.29) is 18.7 Å². The van der Waals surface area contributed by atoms with Crippen LogP contribution in [0.3, 0.4) is 0 Å². The lowest BCUT2D eigenvalue weighted by molar-refractivity contribution is -0.312. The Hall–Kier alpha value is -3.09. The summed E-state index contributed by atoms with van der Waals surface area (Å²) < 4.78 is 11.2. The molecule has 7 heteroatoms. The van der Waals surface area contributed by atoms with Gasteiger partial charge in [0, 0.05) is 53.3 Å². The van der Waals surface area contributed by atoms with E-state index in [4.69, 9.17) is 8.83 Å². The van der Waals surface area contributed by atoms with Gasteiger partial charge in [0.05, 0.1) is 6.26 Å². The van der Waals surface area contributed by atoms with E-state index in [2.05, 4.69) is 0 Å². The minimum Gasteiger partial charge on any atom is -0.550 e. The quantitative estimate of drug-likeness (QED) is 0.612. The summed E-state index contributed by atoms with van der Waals surface area (Å²) in [5.41, 5.74) is 3.90. The first-order chi connectivity index (χ1) is 14.3. The zero-order chi connectivity index (χ0) is 21.6. The third-order valence-electron chi connectivity index (χ3n) is 6.31. The van der Waals surface area contributed by atoms with Gasteiger partial charge < -0.3 is 23.6 Å². The Morgan fingerprint density at radius 3 is 2.47 bits per heavy atom. The third kappa shape index (κ3) is 3.38. The summed E-state index contributed by atoms with van der Waals surface area (Å²) in [6.45, 7) is 6.52.